The third-order valence-electron chi connectivity index (χ3n) is 0.837. The van der Waals surface area contributed by atoms with Crippen molar-refractivity contribution in [1.82, 2.24) is 9.44 Å². The van der Waals surface area contributed by atoms with Crippen molar-refractivity contribution in [2.24, 2.45) is 0 Å². The lowest BCUT2D eigenvalue weighted by atomic mass is 10.4. The molecule has 0 radical (unpaired) electrons. The summed E-state index contributed by atoms with van der Waals surface area (Å²) in [6.45, 7) is 1.53. The summed E-state index contributed by atoms with van der Waals surface area (Å²) in [6, 6.07) is 0. The van der Waals surface area contributed by atoms with Crippen LogP contribution in [-0.4, -0.2) is 33.2 Å². The van der Waals surface area contributed by atoms with E-state index in [1.807, 2.05) is 4.72 Å². The second-order valence-corrected chi connectivity index (χ2v) is 3.61. The molecular formula is C4H12N2O3S. The van der Waals surface area contributed by atoms with E-state index in [4.69, 9.17) is 5.11 Å². The van der Waals surface area contributed by atoms with E-state index in [9.17, 15) is 8.42 Å². The van der Waals surface area contributed by atoms with Gasteiger partial charge in [-0.05, 0) is 6.92 Å². The molecule has 0 fully saturated rings. The highest BCUT2D eigenvalue weighted by molar-refractivity contribution is 7.87. The van der Waals surface area contributed by atoms with Gasteiger partial charge in [0.1, 0.15) is 0 Å². The summed E-state index contributed by atoms with van der Waals surface area (Å²) in [5.41, 5.74) is 0. The van der Waals surface area contributed by atoms with Crippen molar-refractivity contribution in [3.63, 3.8) is 0 Å². The molecule has 0 rings (SSSR count). The van der Waals surface area contributed by atoms with Gasteiger partial charge >= 0.3 is 0 Å². The van der Waals surface area contributed by atoms with Gasteiger partial charge in [-0.15, -0.1) is 0 Å². The smallest absolute Gasteiger partial charge is 0.276 e. The van der Waals surface area contributed by atoms with Gasteiger partial charge < -0.3 is 5.11 Å². The Labute approximate surface area is 60.6 Å². The molecule has 0 aliphatic carbocycles. The van der Waals surface area contributed by atoms with Crippen LogP contribution in [0.15, 0.2) is 0 Å². The first-order valence-corrected chi connectivity index (χ1v) is 4.32. The maximum Gasteiger partial charge on any atom is 0.276 e. The van der Waals surface area contributed by atoms with E-state index in [0.29, 0.717) is 0 Å². The molecule has 0 heterocycles. The Morgan fingerprint density at radius 3 is 2.40 bits per heavy atom. The minimum atomic E-state index is -3.37. The highest BCUT2D eigenvalue weighted by atomic mass is 32.2. The third kappa shape index (κ3) is 4.68. The lowest BCUT2D eigenvalue weighted by molar-refractivity contribution is 0.198. The van der Waals surface area contributed by atoms with Gasteiger partial charge in [0.25, 0.3) is 10.2 Å². The summed E-state index contributed by atoms with van der Waals surface area (Å²) in [7, 11) is -2.08. The summed E-state index contributed by atoms with van der Waals surface area (Å²) in [5, 5.41) is 8.66. The van der Waals surface area contributed by atoms with Crippen LogP contribution in [0.2, 0.25) is 0 Å². The highest BCUT2D eigenvalue weighted by Gasteiger charge is 2.05. The summed E-state index contributed by atoms with van der Waals surface area (Å²) in [6.07, 6.45) is -0.664. The van der Waals surface area contributed by atoms with E-state index in [1.54, 1.807) is 0 Å². The van der Waals surface area contributed by atoms with Crippen LogP contribution in [-0.2, 0) is 10.2 Å². The number of hydrogen-bond acceptors (Lipinski definition) is 3. The minimum Gasteiger partial charge on any atom is -0.392 e. The van der Waals surface area contributed by atoms with Crippen LogP contribution in [0.25, 0.3) is 0 Å². The average Bonchev–Trinajstić information content (AvgIpc) is 1.85. The molecule has 0 saturated heterocycles. The van der Waals surface area contributed by atoms with E-state index in [0.717, 1.165) is 0 Å². The second kappa shape index (κ2) is 3.87. The van der Waals surface area contributed by atoms with Crippen LogP contribution >= 0.6 is 0 Å². The maximum atomic E-state index is 10.6. The van der Waals surface area contributed by atoms with Crippen molar-refractivity contribution >= 4 is 10.2 Å². The van der Waals surface area contributed by atoms with Gasteiger partial charge in [-0.25, -0.2) is 4.72 Å². The van der Waals surface area contributed by atoms with Crippen LogP contribution in [0.1, 0.15) is 6.92 Å². The molecule has 0 spiro atoms. The van der Waals surface area contributed by atoms with Gasteiger partial charge in [-0.2, -0.15) is 13.1 Å². The topological polar surface area (TPSA) is 78.4 Å². The van der Waals surface area contributed by atoms with Gasteiger partial charge in [-0.1, -0.05) is 0 Å². The predicted octanol–water partition coefficient (Wildman–Crippen LogP) is -1.58. The fraction of sp³-hybridized carbons (Fsp3) is 1.00. The Balaban J connectivity index is 3.70. The Morgan fingerprint density at radius 1 is 1.60 bits per heavy atom. The maximum absolute atomic E-state index is 10.6. The SMILES string of the molecule is CNS(=O)(=O)NC[C@@H](C)O. The molecule has 0 amide bonds. The molecular weight excluding hydrogens is 156 g/mol. The molecule has 0 unspecified atom stereocenters. The molecule has 3 N–H and O–H groups in total. The standard InChI is InChI=1S/C4H12N2O3S/c1-4(7)3-6-10(8,9)5-2/h4-7H,3H2,1-2H3/t4-/m1/s1. The van der Waals surface area contributed by atoms with Gasteiger partial charge in [0.15, 0.2) is 0 Å². The molecule has 0 bridgehead atoms. The molecule has 0 aliphatic rings. The van der Waals surface area contributed by atoms with Crippen molar-refractivity contribution in [2.75, 3.05) is 13.6 Å². The Kier molecular flexibility index (Phi) is 3.80. The van der Waals surface area contributed by atoms with E-state index < -0.39 is 16.3 Å². The zero-order chi connectivity index (χ0) is 8.20. The number of hydrogen-bond donors (Lipinski definition) is 3. The average molecular weight is 168 g/mol. The summed E-state index contributed by atoms with van der Waals surface area (Å²) in [5.74, 6) is 0. The molecule has 0 saturated carbocycles. The molecule has 6 heteroatoms. The number of nitrogens with one attached hydrogen (secondary N) is 2. The van der Waals surface area contributed by atoms with Crippen molar-refractivity contribution in [3.05, 3.63) is 0 Å². The van der Waals surface area contributed by atoms with Gasteiger partial charge in [-0.3, -0.25) is 0 Å². The van der Waals surface area contributed by atoms with Gasteiger partial charge in [0.2, 0.25) is 0 Å². The molecule has 10 heavy (non-hydrogen) atoms. The largest absolute Gasteiger partial charge is 0.392 e. The third-order valence-corrected chi connectivity index (χ3v) is 1.92. The predicted molar refractivity (Wildman–Crippen MR) is 37.7 cm³/mol. The highest BCUT2D eigenvalue weighted by Crippen LogP contribution is 1.77. The van der Waals surface area contributed by atoms with Crippen LogP contribution in [0.3, 0.4) is 0 Å². The zero-order valence-electron chi connectivity index (χ0n) is 5.96. The lowest BCUT2D eigenvalue weighted by Crippen LogP contribution is -2.37. The fourth-order valence-corrected chi connectivity index (χ4v) is 0.907. The first kappa shape index (κ1) is 9.83. The zero-order valence-corrected chi connectivity index (χ0v) is 6.77. The Bertz CT molecular complexity index is 175. The van der Waals surface area contributed by atoms with E-state index >= 15 is 0 Å². The summed E-state index contributed by atoms with van der Waals surface area (Å²) in [4.78, 5) is 0. The quantitative estimate of drug-likeness (QED) is 0.474. The molecule has 1 atom stereocenters. The lowest BCUT2D eigenvalue weighted by Gasteiger charge is -2.05. The van der Waals surface area contributed by atoms with E-state index in [-0.39, 0.29) is 6.54 Å². The van der Waals surface area contributed by atoms with Crippen LogP contribution in [0.5, 0.6) is 0 Å². The van der Waals surface area contributed by atoms with Crippen molar-refractivity contribution in [2.45, 2.75) is 13.0 Å². The monoisotopic (exact) mass is 168 g/mol. The molecule has 0 aromatic carbocycles. The number of aliphatic hydroxyl groups is 1. The molecule has 0 aromatic heterocycles. The number of rotatable bonds is 4. The summed E-state index contributed by atoms with van der Waals surface area (Å²) < 4.78 is 25.3. The van der Waals surface area contributed by atoms with Crippen LogP contribution in [0, 0.1) is 0 Å². The minimum absolute atomic E-state index is 0.0309. The van der Waals surface area contributed by atoms with Crippen LogP contribution in [0.4, 0.5) is 0 Å². The first-order chi connectivity index (χ1) is 4.48. The fourth-order valence-electron chi connectivity index (χ4n) is 0.302. The van der Waals surface area contributed by atoms with Gasteiger partial charge in [0.05, 0.1) is 6.10 Å². The van der Waals surface area contributed by atoms with Gasteiger partial charge in [0, 0.05) is 13.6 Å². The first-order valence-electron chi connectivity index (χ1n) is 2.84. The van der Waals surface area contributed by atoms with Crippen molar-refractivity contribution in [1.29, 1.82) is 0 Å². The van der Waals surface area contributed by atoms with Crippen molar-refractivity contribution in [3.8, 4) is 0 Å². The molecule has 62 valence electrons. The van der Waals surface area contributed by atoms with Crippen molar-refractivity contribution < 1.29 is 13.5 Å². The molecule has 5 nitrogen and oxygen atoms in total. The van der Waals surface area contributed by atoms with E-state index in [1.165, 1.54) is 14.0 Å². The molecule has 0 aliphatic heterocycles. The number of aliphatic hydroxyl groups excluding tert-OH is 1. The Morgan fingerprint density at radius 2 is 2.10 bits per heavy atom. The van der Waals surface area contributed by atoms with Crippen LogP contribution < -0.4 is 9.44 Å². The Hall–Kier alpha value is -0.170. The normalized spacial score (nSPS) is 15.1. The molecule has 0 aromatic rings. The second-order valence-electron chi connectivity index (χ2n) is 1.91. The van der Waals surface area contributed by atoms with E-state index in [2.05, 4.69) is 4.72 Å². The summed E-state index contributed by atoms with van der Waals surface area (Å²) >= 11 is 0.